The van der Waals surface area contributed by atoms with E-state index in [1.54, 1.807) is 12.1 Å². The Hall–Kier alpha value is -2.72. The molecule has 0 radical (unpaired) electrons. The highest BCUT2D eigenvalue weighted by Crippen LogP contribution is 2.22. The highest BCUT2D eigenvalue weighted by atomic mass is 19.1. The van der Waals surface area contributed by atoms with Crippen LogP contribution in [0.15, 0.2) is 24.4 Å². The summed E-state index contributed by atoms with van der Waals surface area (Å²) >= 11 is 0. The lowest BCUT2D eigenvalue weighted by Gasteiger charge is -2.06. The predicted molar refractivity (Wildman–Crippen MR) is 72.5 cm³/mol. The molecule has 0 aliphatic heterocycles. The third kappa shape index (κ3) is 3.43. The quantitative estimate of drug-likeness (QED) is 0.777. The summed E-state index contributed by atoms with van der Waals surface area (Å²) in [7, 11) is 0. The molecule has 0 saturated carbocycles. The molecule has 108 valence electrons. The molecule has 0 spiro atoms. The van der Waals surface area contributed by atoms with E-state index in [0.29, 0.717) is 17.1 Å². The van der Waals surface area contributed by atoms with E-state index >= 15 is 0 Å². The molecule has 1 atom stereocenters. The lowest BCUT2D eigenvalue weighted by atomic mass is 10.1. The van der Waals surface area contributed by atoms with E-state index in [4.69, 9.17) is 16.1 Å². The highest BCUT2D eigenvalue weighted by molar-refractivity contribution is 5.66. The van der Waals surface area contributed by atoms with Crippen LogP contribution in [0.25, 0.3) is 11.3 Å². The first-order valence-corrected chi connectivity index (χ1v) is 6.23. The number of nitrogens with two attached hydrogens (primary N) is 1. The van der Waals surface area contributed by atoms with Gasteiger partial charge in [0.25, 0.3) is 0 Å². The summed E-state index contributed by atoms with van der Waals surface area (Å²) in [5, 5.41) is 17.3. The van der Waals surface area contributed by atoms with Crippen molar-refractivity contribution in [1.29, 1.82) is 5.26 Å². The lowest BCUT2D eigenvalue weighted by Crippen LogP contribution is -2.13. The van der Waals surface area contributed by atoms with Crippen molar-refractivity contribution >= 4 is 5.97 Å². The summed E-state index contributed by atoms with van der Waals surface area (Å²) in [5.41, 5.74) is 6.90. The zero-order chi connectivity index (χ0) is 15.4. The first-order valence-electron chi connectivity index (χ1n) is 6.23. The van der Waals surface area contributed by atoms with Gasteiger partial charge in [-0.1, -0.05) is 6.07 Å². The zero-order valence-electron chi connectivity index (χ0n) is 11.0. The van der Waals surface area contributed by atoms with Crippen molar-refractivity contribution in [1.82, 2.24) is 9.97 Å². The van der Waals surface area contributed by atoms with Crippen LogP contribution in [-0.4, -0.2) is 21.0 Å². The second-order valence-electron chi connectivity index (χ2n) is 4.53. The number of carboxylic acids is 1. The highest BCUT2D eigenvalue weighted by Gasteiger charge is 2.13. The molecule has 0 bridgehead atoms. The minimum atomic E-state index is -0.925. The number of aliphatic carboxylic acids is 1. The number of carbonyl (C=O) groups is 1. The Kier molecular flexibility index (Phi) is 4.30. The SMILES string of the molecule is N#Cc1ccc(-c2cnc([C@@H](N)CCC(=O)O)[nH]2)cc1F. The van der Waals surface area contributed by atoms with E-state index in [9.17, 15) is 9.18 Å². The van der Waals surface area contributed by atoms with Crippen molar-refractivity contribution in [3.63, 3.8) is 0 Å². The van der Waals surface area contributed by atoms with Crippen LogP contribution in [0.4, 0.5) is 4.39 Å². The predicted octanol–water partition coefficient (Wildman–Crippen LogP) is 1.95. The number of hydrogen-bond donors (Lipinski definition) is 3. The number of benzene rings is 1. The fourth-order valence-corrected chi connectivity index (χ4v) is 1.86. The van der Waals surface area contributed by atoms with Gasteiger partial charge in [-0.15, -0.1) is 0 Å². The average molecular weight is 288 g/mol. The van der Waals surface area contributed by atoms with Crippen LogP contribution >= 0.6 is 0 Å². The monoisotopic (exact) mass is 288 g/mol. The summed E-state index contributed by atoms with van der Waals surface area (Å²) in [6.07, 6.45) is 1.70. The van der Waals surface area contributed by atoms with Gasteiger partial charge < -0.3 is 15.8 Å². The smallest absolute Gasteiger partial charge is 0.303 e. The Morgan fingerprint density at radius 2 is 2.33 bits per heavy atom. The van der Waals surface area contributed by atoms with Crippen LogP contribution in [0, 0.1) is 17.1 Å². The van der Waals surface area contributed by atoms with Gasteiger partial charge in [-0.2, -0.15) is 5.26 Å². The third-order valence-electron chi connectivity index (χ3n) is 3.02. The third-order valence-corrected chi connectivity index (χ3v) is 3.02. The molecule has 21 heavy (non-hydrogen) atoms. The van der Waals surface area contributed by atoms with Gasteiger partial charge >= 0.3 is 5.97 Å². The maximum atomic E-state index is 13.6. The Morgan fingerprint density at radius 1 is 1.57 bits per heavy atom. The number of hydrogen-bond acceptors (Lipinski definition) is 4. The minimum Gasteiger partial charge on any atom is -0.481 e. The number of rotatable bonds is 5. The van der Waals surface area contributed by atoms with Gasteiger partial charge in [0.1, 0.15) is 17.7 Å². The van der Waals surface area contributed by atoms with Crippen LogP contribution in [0.1, 0.15) is 30.3 Å². The second-order valence-corrected chi connectivity index (χ2v) is 4.53. The van der Waals surface area contributed by atoms with Gasteiger partial charge in [-0.3, -0.25) is 4.79 Å². The van der Waals surface area contributed by atoms with Crippen molar-refractivity contribution < 1.29 is 14.3 Å². The molecular formula is C14H13FN4O2. The first kappa shape index (κ1) is 14.7. The Labute approximate surface area is 120 Å². The van der Waals surface area contributed by atoms with E-state index in [1.807, 2.05) is 0 Å². The van der Waals surface area contributed by atoms with Crippen molar-refractivity contribution in [3.8, 4) is 17.3 Å². The standard InChI is InChI=1S/C14H13FN4O2/c15-10-5-8(1-2-9(10)6-16)12-7-18-14(19-12)11(17)3-4-13(20)21/h1-2,5,7,11H,3-4,17H2,(H,18,19)(H,20,21)/t11-/m0/s1. The minimum absolute atomic E-state index is 0.0309. The number of aromatic amines is 1. The maximum absolute atomic E-state index is 13.6. The van der Waals surface area contributed by atoms with E-state index < -0.39 is 17.8 Å². The number of halogens is 1. The first-order chi connectivity index (χ1) is 10.0. The number of aromatic nitrogens is 2. The van der Waals surface area contributed by atoms with Gasteiger partial charge in [0.2, 0.25) is 0 Å². The summed E-state index contributed by atoms with van der Waals surface area (Å²) in [4.78, 5) is 17.5. The van der Waals surface area contributed by atoms with Crippen molar-refractivity contribution in [3.05, 3.63) is 41.6 Å². The van der Waals surface area contributed by atoms with Crippen LogP contribution in [0.2, 0.25) is 0 Å². The Bertz CT molecular complexity index is 705. The van der Waals surface area contributed by atoms with Gasteiger partial charge in [0, 0.05) is 12.0 Å². The Balaban J connectivity index is 2.18. The normalized spacial score (nSPS) is 11.9. The van der Waals surface area contributed by atoms with Crippen LogP contribution in [0.3, 0.4) is 0 Å². The number of nitriles is 1. The molecule has 0 amide bonds. The Morgan fingerprint density at radius 3 is 2.95 bits per heavy atom. The average Bonchev–Trinajstić information content (AvgIpc) is 2.94. The molecule has 0 saturated heterocycles. The summed E-state index contributed by atoms with van der Waals surface area (Å²) < 4.78 is 13.6. The van der Waals surface area contributed by atoms with Crippen LogP contribution in [0.5, 0.6) is 0 Å². The number of nitrogens with zero attached hydrogens (tertiary/aromatic N) is 2. The van der Waals surface area contributed by atoms with Crippen LogP contribution < -0.4 is 5.73 Å². The summed E-state index contributed by atoms with van der Waals surface area (Å²) in [6.45, 7) is 0. The number of nitrogens with one attached hydrogen (secondary N) is 1. The fourth-order valence-electron chi connectivity index (χ4n) is 1.86. The molecule has 6 nitrogen and oxygen atoms in total. The van der Waals surface area contributed by atoms with E-state index in [2.05, 4.69) is 9.97 Å². The number of carboxylic acid groups (broad SMARTS) is 1. The molecule has 1 aromatic heterocycles. The van der Waals surface area contributed by atoms with Crippen molar-refractivity contribution in [2.24, 2.45) is 5.73 Å². The van der Waals surface area contributed by atoms with Crippen LogP contribution in [-0.2, 0) is 4.79 Å². The molecule has 1 aromatic carbocycles. The van der Waals surface area contributed by atoms with Gasteiger partial charge in [0.15, 0.2) is 0 Å². The molecule has 4 N–H and O–H groups in total. The molecule has 0 fully saturated rings. The van der Waals surface area contributed by atoms with Gasteiger partial charge in [0.05, 0.1) is 23.5 Å². The lowest BCUT2D eigenvalue weighted by molar-refractivity contribution is -0.137. The molecular weight excluding hydrogens is 275 g/mol. The van der Waals surface area contributed by atoms with Crippen molar-refractivity contribution in [2.75, 3.05) is 0 Å². The summed E-state index contributed by atoms with van der Waals surface area (Å²) in [6, 6.07) is 5.44. The summed E-state index contributed by atoms with van der Waals surface area (Å²) in [5.74, 6) is -1.09. The number of imidazole rings is 1. The zero-order valence-corrected chi connectivity index (χ0v) is 11.0. The molecule has 1 heterocycles. The molecule has 0 aliphatic carbocycles. The maximum Gasteiger partial charge on any atom is 0.303 e. The van der Waals surface area contributed by atoms with E-state index in [-0.39, 0.29) is 18.4 Å². The molecule has 0 aliphatic rings. The number of H-pyrrole nitrogens is 1. The molecule has 0 unspecified atom stereocenters. The van der Waals surface area contributed by atoms with E-state index in [0.717, 1.165) is 0 Å². The van der Waals surface area contributed by atoms with Gasteiger partial charge in [-0.05, 0) is 18.6 Å². The molecule has 7 heteroatoms. The second kappa shape index (κ2) is 6.15. The van der Waals surface area contributed by atoms with Crippen molar-refractivity contribution in [2.45, 2.75) is 18.9 Å². The molecule has 2 aromatic rings. The largest absolute Gasteiger partial charge is 0.481 e. The van der Waals surface area contributed by atoms with Gasteiger partial charge in [-0.25, -0.2) is 9.37 Å². The fraction of sp³-hybridized carbons (Fsp3) is 0.214. The molecule has 2 rings (SSSR count). The van der Waals surface area contributed by atoms with E-state index in [1.165, 1.54) is 18.3 Å². The topological polar surface area (TPSA) is 116 Å².